The molecule has 2 unspecified atom stereocenters. The first-order valence-corrected chi connectivity index (χ1v) is 10.9. The number of ketones is 1. The number of hydrogen-bond acceptors (Lipinski definition) is 7. The Hall–Kier alpha value is -1.43. The summed E-state index contributed by atoms with van der Waals surface area (Å²) in [5, 5.41) is 11.8. The van der Waals surface area contributed by atoms with Crippen molar-refractivity contribution in [3.8, 4) is 0 Å². The number of halogens is 3. The zero-order valence-corrected chi connectivity index (χ0v) is 16.3. The van der Waals surface area contributed by atoms with Crippen molar-refractivity contribution in [2.45, 2.75) is 55.0 Å². The quantitative estimate of drug-likeness (QED) is 0.516. The number of likely N-dealkylation sites (N-methyl/N-ethyl adjacent to an activating group) is 1. The van der Waals surface area contributed by atoms with Crippen LogP contribution < -0.4 is 0 Å². The summed E-state index contributed by atoms with van der Waals surface area (Å²) in [6.45, 7) is 0.595. The highest BCUT2D eigenvalue weighted by Crippen LogP contribution is 2.68. The van der Waals surface area contributed by atoms with Gasteiger partial charge in [-0.05, 0) is 38.9 Å². The van der Waals surface area contributed by atoms with E-state index < -0.39 is 50.5 Å². The van der Waals surface area contributed by atoms with Gasteiger partial charge in [0.15, 0.2) is 5.78 Å². The van der Waals surface area contributed by atoms with Crippen molar-refractivity contribution in [2.24, 2.45) is 11.3 Å². The zero-order valence-electron chi connectivity index (χ0n) is 15.5. The van der Waals surface area contributed by atoms with Gasteiger partial charge in [0.1, 0.15) is 18.0 Å². The van der Waals surface area contributed by atoms with Gasteiger partial charge in [0.05, 0.1) is 5.60 Å². The summed E-state index contributed by atoms with van der Waals surface area (Å²) < 4.78 is 72.1. The topological polar surface area (TPSA) is 93.1 Å². The molecule has 5 rings (SSSR count). The molecule has 4 fully saturated rings. The Morgan fingerprint density at radius 1 is 1.31 bits per heavy atom. The van der Waals surface area contributed by atoms with Crippen molar-refractivity contribution in [1.29, 1.82) is 0 Å². The number of aliphatic hydroxyl groups is 1. The van der Waals surface area contributed by atoms with E-state index in [1.54, 1.807) is 6.08 Å². The Morgan fingerprint density at radius 2 is 2.03 bits per heavy atom. The van der Waals surface area contributed by atoms with Crippen molar-refractivity contribution in [2.75, 3.05) is 13.6 Å². The van der Waals surface area contributed by atoms with Gasteiger partial charge >= 0.3 is 15.6 Å². The van der Waals surface area contributed by atoms with E-state index in [1.807, 2.05) is 11.9 Å². The lowest BCUT2D eigenvalue weighted by atomic mass is 9.45. The summed E-state index contributed by atoms with van der Waals surface area (Å²) in [5.41, 5.74) is -6.99. The van der Waals surface area contributed by atoms with Crippen LogP contribution in [0.3, 0.4) is 0 Å². The van der Waals surface area contributed by atoms with Crippen molar-refractivity contribution < 1.29 is 40.4 Å². The van der Waals surface area contributed by atoms with Gasteiger partial charge < -0.3 is 18.9 Å². The average molecular weight is 435 g/mol. The molecule has 2 heterocycles. The maximum Gasteiger partial charge on any atom is 0.534 e. The van der Waals surface area contributed by atoms with Crippen LogP contribution in [0.5, 0.6) is 0 Å². The number of alkyl halides is 3. The van der Waals surface area contributed by atoms with E-state index in [-0.39, 0.29) is 24.7 Å². The van der Waals surface area contributed by atoms with E-state index in [4.69, 9.17) is 4.74 Å². The summed E-state index contributed by atoms with van der Waals surface area (Å²) in [4.78, 5) is 14.8. The molecule has 7 nitrogen and oxygen atoms in total. The van der Waals surface area contributed by atoms with Gasteiger partial charge in [0.25, 0.3) is 0 Å². The number of nitrogens with zero attached hydrogens (tertiary/aromatic N) is 1. The number of likely N-dealkylation sites (tertiary alicyclic amines) is 1. The average Bonchev–Trinajstić information content (AvgIpc) is 2.97. The number of Topliss-reactive ketones (excluding diaryl/α,β-unsaturated/α-hetero) is 1. The summed E-state index contributed by atoms with van der Waals surface area (Å²) in [5.74, 6) is -1.31. The molecule has 0 aromatic rings. The second-order valence-corrected chi connectivity index (χ2v) is 10.1. The normalized spacial score (nSPS) is 44.1. The molecule has 2 saturated carbocycles. The molecule has 0 aromatic carbocycles. The van der Waals surface area contributed by atoms with E-state index >= 15 is 0 Å². The summed E-state index contributed by atoms with van der Waals surface area (Å²) in [7, 11) is -3.97. The number of carbonyl (C=O) groups excluding carboxylic acids is 1. The summed E-state index contributed by atoms with van der Waals surface area (Å²) in [6.07, 6.45) is 1.81. The molecule has 0 amide bonds. The fourth-order valence-corrected chi connectivity index (χ4v) is 6.81. The van der Waals surface area contributed by atoms with Crippen LogP contribution in [-0.4, -0.2) is 67.2 Å². The minimum atomic E-state index is -5.88. The molecule has 1 N–H and O–H groups in total. The van der Waals surface area contributed by atoms with E-state index in [9.17, 15) is 31.5 Å². The Kier molecular flexibility index (Phi) is 3.79. The van der Waals surface area contributed by atoms with E-state index in [0.717, 1.165) is 5.57 Å². The van der Waals surface area contributed by atoms with Crippen LogP contribution in [-0.2, 0) is 23.8 Å². The predicted molar refractivity (Wildman–Crippen MR) is 91.7 cm³/mol. The van der Waals surface area contributed by atoms with Gasteiger partial charge in [0.2, 0.25) is 0 Å². The molecule has 2 aliphatic heterocycles. The summed E-state index contributed by atoms with van der Waals surface area (Å²) >= 11 is 0. The predicted octanol–water partition coefficient (Wildman–Crippen LogP) is 1.25. The van der Waals surface area contributed by atoms with Crippen LogP contribution in [0.15, 0.2) is 23.5 Å². The molecule has 5 aliphatic rings. The Labute approximate surface area is 165 Å². The number of rotatable bonds is 2. The van der Waals surface area contributed by atoms with Crippen molar-refractivity contribution in [1.82, 2.24) is 4.90 Å². The largest absolute Gasteiger partial charge is 0.534 e. The number of carbonyl (C=O) groups is 1. The van der Waals surface area contributed by atoms with Crippen LogP contribution in [0.2, 0.25) is 0 Å². The van der Waals surface area contributed by atoms with Gasteiger partial charge in [-0.2, -0.15) is 21.6 Å². The molecule has 29 heavy (non-hydrogen) atoms. The molecule has 11 heteroatoms. The van der Waals surface area contributed by atoms with Gasteiger partial charge in [0, 0.05) is 23.8 Å². The second-order valence-electron chi connectivity index (χ2n) is 8.59. The molecule has 1 spiro atoms. The third kappa shape index (κ3) is 2.24. The maximum atomic E-state index is 12.8. The van der Waals surface area contributed by atoms with Gasteiger partial charge in [-0.3, -0.25) is 4.79 Å². The molecule has 0 aromatic heterocycles. The minimum absolute atomic E-state index is 0.104. The Bertz CT molecular complexity index is 959. The number of hydrogen-bond donors (Lipinski definition) is 1. The molecular formula is C18H20F3NO6S. The van der Waals surface area contributed by atoms with Crippen LogP contribution >= 0.6 is 0 Å². The van der Waals surface area contributed by atoms with Crippen LogP contribution in [0, 0.1) is 11.3 Å². The molecular weight excluding hydrogens is 415 g/mol. The van der Waals surface area contributed by atoms with Gasteiger partial charge in [-0.25, -0.2) is 0 Å². The minimum Gasteiger partial charge on any atom is -0.388 e. The Balaban J connectivity index is 1.64. The maximum absolute atomic E-state index is 12.8. The second kappa shape index (κ2) is 5.63. The third-order valence-electron chi connectivity index (χ3n) is 7.48. The van der Waals surface area contributed by atoms with Gasteiger partial charge in [-0.1, -0.05) is 11.6 Å². The highest BCUT2D eigenvalue weighted by molar-refractivity contribution is 7.87. The molecule has 160 valence electrons. The first-order valence-electron chi connectivity index (χ1n) is 9.44. The van der Waals surface area contributed by atoms with Crippen molar-refractivity contribution in [3.05, 3.63) is 23.5 Å². The first-order chi connectivity index (χ1) is 13.4. The molecule has 0 radical (unpaired) electrons. The number of piperidine rings is 1. The monoisotopic (exact) mass is 435 g/mol. The first kappa shape index (κ1) is 19.5. The van der Waals surface area contributed by atoms with E-state index in [1.165, 1.54) is 6.08 Å². The standard InChI is InChI=1S/C18H20F3NO6S/c1-22-7-6-16-13-9-2-3-11(28-29(25,26)18(19,20)21)14(13)27-15(16)10(23)4-5-17(16,24)12(22)8-9/h2-3,12-15,24H,4-8H2,1H3/t12-,13?,14?,15+,16+,17-/m1/s1. The number of allylic oxidation sites excluding steroid dienone is 2. The SMILES string of the molecule is CN1CC[C@]23C4C5=CC=C(OS(=O)(=O)C(F)(F)F)C4O[C@H]2C(=O)CC[C@@]3(O)[C@H]1C5. The summed E-state index contributed by atoms with van der Waals surface area (Å²) in [6, 6.07) is -0.244. The number of ether oxygens (including phenoxy) is 1. The highest BCUT2D eigenvalue weighted by Gasteiger charge is 2.76. The fourth-order valence-electron chi connectivity index (χ4n) is 6.31. The molecule has 6 atom stereocenters. The van der Waals surface area contributed by atoms with Gasteiger partial charge in [-0.15, -0.1) is 0 Å². The zero-order chi connectivity index (χ0) is 21.0. The lowest BCUT2D eigenvalue weighted by molar-refractivity contribution is -0.224. The van der Waals surface area contributed by atoms with Crippen LogP contribution in [0.25, 0.3) is 0 Å². The van der Waals surface area contributed by atoms with Crippen molar-refractivity contribution >= 4 is 15.9 Å². The lowest BCUT2D eigenvalue weighted by Gasteiger charge is -2.65. The van der Waals surface area contributed by atoms with Crippen LogP contribution in [0.4, 0.5) is 13.2 Å². The highest BCUT2D eigenvalue weighted by atomic mass is 32.2. The fraction of sp³-hybridized carbons (Fsp3) is 0.722. The Morgan fingerprint density at radius 3 is 2.72 bits per heavy atom. The molecule has 2 bridgehead atoms. The van der Waals surface area contributed by atoms with Crippen LogP contribution in [0.1, 0.15) is 25.7 Å². The third-order valence-corrected chi connectivity index (χ3v) is 8.46. The van der Waals surface area contributed by atoms with E-state index in [0.29, 0.717) is 19.4 Å². The smallest absolute Gasteiger partial charge is 0.388 e. The molecule has 3 aliphatic carbocycles. The van der Waals surface area contributed by atoms with Crippen molar-refractivity contribution in [3.63, 3.8) is 0 Å². The lowest BCUT2D eigenvalue weighted by Crippen LogP contribution is -2.75. The van der Waals surface area contributed by atoms with E-state index in [2.05, 4.69) is 4.18 Å². The molecule has 2 saturated heterocycles.